The first kappa shape index (κ1) is 15.3. The maximum absolute atomic E-state index is 12.9. The molecule has 1 aromatic rings. The molecule has 3 rings (SSSR count). The van der Waals surface area contributed by atoms with Crippen molar-refractivity contribution >= 4 is 43.5 Å². The number of halogens is 2. The second kappa shape index (κ2) is 5.22. The van der Waals surface area contributed by atoms with E-state index < -0.39 is 28.0 Å². The van der Waals surface area contributed by atoms with Gasteiger partial charge in [0, 0.05) is 21.6 Å². The van der Waals surface area contributed by atoms with Gasteiger partial charge in [-0.1, -0.05) is 11.6 Å². The molecule has 2 saturated heterocycles. The molecule has 1 N–H and O–H groups in total. The molecule has 5 nitrogen and oxygen atoms in total. The Morgan fingerprint density at radius 3 is 2.71 bits per heavy atom. The monoisotopic (exact) mass is 393 g/mol. The Kier molecular flexibility index (Phi) is 3.80. The number of nitrogens with zero attached hydrogens (tertiary/aromatic N) is 1. The summed E-state index contributed by atoms with van der Waals surface area (Å²) in [7, 11) is -3.76. The Morgan fingerprint density at radius 1 is 1.38 bits per heavy atom. The lowest BCUT2D eigenvalue weighted by atomic mass is 9.89. The van der Waals surface area contributed by atoms with Crippen molar-refractivity contribution in [2.75, 3.05) is 0 Å². The molecule has 114 valence electrons. The van der Waals surface area contributed by atoms with E-state index in [2.05, 4.69) is 15.9 Å². The van der Waals surface area contributed by atoms with Gasteiger partial charge in [0.25, 0.3) is 0 Å². The number of rotatable bonds is 3. The first-order valence-electron chi connectivity index (χ1n) is 6.54. The predicted molar refractivity (Wildman–Crippen MR) is 80.7 cm³/mol. The minimum atomic E-state index is -3.76. The van der Waals surface area contributed by atoms with Gasteiger partial charge < -0.3 is 5.11 Å². The van der Waals surface area contributed by atoms with Gasteiger partial charge in [-0.05, 0) is 53.4 Å². The van der Waals surface area contributed by atoms with Gasteiger partial charge in [0.2, 0.25) is 10.0 Å². The van der Waals surface area contributed by atoms with Crippen LogP contribution in [0.25, 0.3) is 0 Å². The van der Waals surface area contributed by atoms with Crippen LogP contribution in [0.2, 0.25) is 5.02 Å². The molecular formula is C13H13BrClNO4S. The van der Waals surface area contributed by atoms with Crippen LogP contribution in [0, 0.1) is 5.92 Å². The third-order valence-electron chi connectivity index (χ3n) is 4.24. The SMILES string of the molecule is O=C(O)C1CC2CCC1N2S(=O)(=O)c1cc(Cl)ccc1Br. The molecule has 3 unspecified atom stereocenters. The highest BCUT2D eigenvalue weighted by Crippen LogP contribution is 2.46. The summed E-state index contributed by atoms with van der Waals surface area (Å²) < 4.78 is 27.6. The number of carboxylic acids is 1. The van der Waals surface area contributed by atoms with Crippen molar-refractivity contribution in [3.8, 4) is 0 Å². The third kappa shape index (κ3) is 2.40. The highest BCUT2D eigenvalue weighted by atomic mass is 79.9. The molecule has 0 radical (unpaired) electrons. The first-order valence-corrected chi connectivity index (χ1v) is 9.15. The summed E-state index contributed by atoms with van der Waals surface area (Å²) in [6.07, 6.45) is 1.70. The fourth-order valence-electron chi connectivity index (χ4n) is 3.37. The summed E-state index contributed by atoms with van der Waals surface area (Å²) in [5.41, 5.74) is 0. The lowest BCUT2D eigenvalue weighted by Crippen LogP contribution is -2.38. The van der Waals surface area contributed by atoms with Crippen molar-refractivity contribution in [1.29, 1.82) is 0 Å². The molecule has 21 heavy (non-hydrogen) atoms. The smallest absolute Gasteiger partial charge is 0.308 e. The zero-order valence-corrected chi connectivity index (χ0v) is 14.0. The van der Waals surface area contributed by atoms with Crippen LogP contribution in [0.1, 0.15) is 19.3 Å². The van der Waals surface area contributed by atoms with E-state index in [1.807, 2.05) is 0 Å². The van der Waals surface area contributed by atoms with Crippen molar-refractivity contribution in [3.05, 3.63) is 27.7 Å². The Bertz CT molecular complexity index is 708. The average Bonchev–Trinajstić information content (AvgIpc) is 2.99. The van der Waals surface area contributed by atoms with Crippen LogP contribution >= 0.6 is 27.5 Å². The molecule has 8 heteroatoms. The van der Waals surface area contributed by atoms with Gasteiger partial charge in [-0.15, -0.1) is 0 Å². The van der Waals surface area contributed by atoms with E-state index in [-0.39, 0.29) is 10.9 Å². The average molecular weight is 395 g/mol. The van der Waals surface area contributed by atoms with Gasteiger partial charge in [0.05, 0.1) is 10.8 Å². The van der Waals surface area contributed by atoms with Gasteiger partial charge in [0.15, 0.2) is 0 Å². The van der Waals surface area contributed by atoms with E-state index in [9.17, 15) is 18.3 Å². The van der Waals surface area contributed by atoms with Crippen molar-refractivity contribution in [2.24, 2.45) is 5.92 Å². The molecule has 0 aromatic heterocycles. The van der Waals surface area contributed by atoms with Crippen LogP contribution in [-0.2, 0) is 14.8 Å². The lowest BCUT2D eigenvalue weighted by Gasteiger charge is -2.23. The van der Waals surface area contributed by atoms with Gasteiger partial charge in [-0.2, -0.15) is 4.31 Å². The molecule has 2 fully saturated rings. The van der Waals surface area contributed by atoms with E-state index in [1.54, 1.807) is 12.1 Å². The second-order valence-corrected chi connectivity index (χ2v) is 8.49. The fraction of sp³-hybridized carbons (Fsp3) is 0.462. The summed E-state index contributed by atoms with van der Waals surface area (Å²) in [4.78, 5) is 11.4. The quantitative estimate of drug-likeness (QED) is 0.855. The number of sulfonamides is 1. The zero-order valence-electron chi connectivity index (χ0n) is 10.9. The van der Waals surface area contributed by atoms with Crippen LogP contribution in [-0.4, -0.2) is 35.9 Å². The molecule has 2 aliphatic rings. The molecule has 1 aromatic carbocycles. The molecule has 0 amide bonds. The third-order valence-corrected chi connectivity index (χ3v) is 7.45. The van der Waals surface area contributed by atoms with Crippen LogP contribution < -0.4 is 0 Å². The molecule has 2 aliphatic heterocycles. The van der Waals surface area contributed by atoms with Crippen molar-refractivity contribution in [1.82, 2.24) is 4.31 Å². The molecular weight excluding hydrogens is 382 g/mol. The molecule has 0 saturated carbocycles. The van der Waals surface area contributed by atoms with E-state index in [0.717, 1.165) is 0 Å². The normalized spacial score (nSPS) is 29.0. The van der Waals surface area contributed by atoms with Gasteiger partial charge in [0.1, 0.15) is 0 Å². The molecule has 0 spiro atoms. The Labute approximate surface area is 136 Å². The number of carboxylic acid groups (broad SMARTS) is 1. The maximum Gasteiger partial charge on any atom is 0.308 e. The molecule has 2 heterocycles. The standard InChI is InChI=1S/C13H13BrClNO4S/c14-10-3-1-7(15)5-12(10)21(19,20)16-8-2-4-11(16)9(6-8)13(17)18/h1,3,5,8-9,11H,2,4,6H2,(H,17,18). The number of carbonyl (C=O) groups is 1. The predicted octanol–water partition coefficient (Wildman–Crippen LogP) is 2.73. The minimum absolute atomic E-state index is 0.0953. The van der Waals surface area contributed by atoms with Crippen LogP contribution in [0.3, 0.4) is 0 Å². The van der Waals surface area contributed by atoms with Crippen LogP contribution in [0.5, 0.6) is 0 Å². The van der Waals surface area contributed by atoms with Crippen LogP contribution in [0.15, 0.2) is 27.6 Å². The highest BCUT2D eigenvalue weighted by Gasteiger charge is 2.54. The summed E-state index contributed by atoms with van der Waals surface area (Å²) in [5.74, 6) is -1.54. The van der Waals surface area contributed by atoms with E-state index in [4.69, 9.17) is 11.6 Å². The van der Waals surface area contributed by atoms with E-state index >= 15 is 0 Å². The molecule has 3 atom stereocenters. The van der Waals surface area contributed by atoms with Gasteiger partial charge in [-0.3, -0.25) is 4.79 Å². The fourth-order valence-corrected chi connectivity index (χ4v) is 6.47. The summed E-state index contributed by atoms with van der Waals surface area (Å²) >= 11 is 9.14. The number of fused-ring (bicyclic) bond motifs is 2. The van der Waals surface area contributed by atoms with Crippen LogP contribution in [0.4, 0.5) is 0 Å². The highest BCUT2D eigenvalue weighted by molar-refractivity contribution is 9.10. The second-order valence-electron chi connectivity index (χ2n) is 5.39. The number of hydrogen-bond donors (Lipinski definition) is 1. The largest absolute Gasteiger partial charge is 0.481 e. The summed E-state index contributed by atoms with van der Waals surface area (Å²) in [6.45, 7) is 0. The summed E-state index contributed by atoms with van der Waals surface area (Å²) in [5, 5.41) is 9.57. The van der Waals surface area contributed by atoms with E-state index in [1.165, 1.54) is 10.4 Å². The Morgan fingerprint density at radius 2 is 2.10 bits per heavy atom. The number of hydrogen-bond acceptors (Lipinski definition) is 3. The molecule has 0 aliphatic carbocycles. The van der Waals surface area contributed by atoms with Gasteiger partial charge in [-0.25, -0.2) is 8.42 Å². The topological polar surface area (TPSA) is 74.7 Å². The zero-order chi connectivity index (χ0) is 15.4. The van der Waals surface area contributed by atoms with Gasteiger partial charge >= 0.3 is 5.97 Å². The first-order chi connectivity index (χ1) is 9.82. The Balaban J connectivity index is 2.04. The van der Waals surface area contributed by atoms with E-state index in [0.29, 0.717) is 28.8 Å². The Hall–Kier alpha value is -0.630. The lowest BCUT2D eigenvalue weighted by molar-refractivity contribution is -0.142. The molecule has 2 bridgehead atoms. The number of aliphatic carboxylic acids is 1. The minimum Gasteiger partial charge on any atom is -0.481 e. The number of benzene rings is 1. The van der Waals surface area contributed by atoms with Crippen molar-refractivity contribution < 1.29 is 18.3 Å². The maximum atomic E-state index is 12.9. The summed E-state index contributed by atoms with van der Waals surface area (Å²) in [6, 6.07) is 3.90. The van der Waals surface area contributed by atoms with Crippen molar-refractivity contribution in [3.63, 3.8) is 0 Å². The van der Waals surface area contributed by atoms with Crippen molar-refractivity contribution in [2.45, 2.75) is 36.2 Å².